The van der Waals surface area contributed by atoms with Crippen LogP contribution in [0.5, 0.6) is 0 Å². The summed E-state index contributed by atoms with van der Waals surface area (Å²) < 4.78 is 30.2. The van der Waals surface area contributed by atoms with E-state index in [4.69, 9.17) is 0 Å². The van der Waals surface area contributed by atoms with Crippen LogP contribution in [0.1, 0.15) is 42.3 Å². The number of piperidine rings is 1. The number of aromatic nitrogens is 2. The molecule has 1 aromatic heterocycles. The molecule has 3 rings (SSSR count). The van der Waals surface area contributed by atoms with Gasteiger partial charge in [0, 0.05) is 38.4 Å². The van der Waals surface area contributed by atoms with E-state index in [1.165, 1.54) is 0 Å². The van der Waals surface area contributed by atoms with Crippen LogP contribution in [0, 0.1) is 26.7 Å². The lowest BCUT2D eigenvalue weighted by atomic mass is 9.98. The number of hydrogen-bond donors (Lipinski definition) is 0. The fraction of sp³-hybridized carbons (Fsp3) is 0.550. The minimum Gasteiger partial charge on any atom is -0.335 e. The van der Waals surface area contributed by atoms with Gasteiger partial charge in [0.15, 0.2) is 0 Å². The molecule has 1 saturated heterocycles. The molecule has 26 heavy (non-hydrogen) atoms. The Hall–Kier alpha value is -1.66. The number of benzene rings is 1. The maximum absolute atomic E-state index is 13.2. The standard InChI is InChI=1S/C20H29N3O2S/c1-5-19-21-8-11-22(19)14-18-6-9-23(10-7-18)26(24,25)20-16(3)12-15(2)13-17(20)4/h8,11-13,18H,5-7,9-10,14H2,1-4H3. The molecule has 0 spiro atoms. The van der Waals surface area contributed by atoms with Gasteiger partial charge in [0.1, 0.15) is 5.82 Å². The van der Waals surface area contributed by atoms with Crippen LogP contribution in [0.4, 0.5) is 0 Å². The van der Waals surface area contributed by atoms with Gasteiger partial charge in [-0.3, -0.25) is 0 Å². The van der Waals surface area contributed by atoms with Crippen molar-refractivity contribution in [3.8, 4) is 0 Å². The summed E-state index contributed by atoms with van der Waals surface area (Å²) in [6.07, 6.45) is 6.59. The van der Waals surface area contributed by atoms with Crippen LogP contribution in [-0.2, 0) is 23.0 Å². The smallest absolute Gasteiger partial charge is 0.243 e. The van der Waals surface area contributed by atoms with Crippen molar-refractivity contribution >= 4 is 10.0 Å². The zero-order chi connectivity index (χ0) is 18.9. The summed E-state index contributed by atoms with van der Waals surface area (Å²) in [4.78, 5) is 4.87. The molecule has 2 aromatic rings. The highest BCUT2D eigenvalue weighted by atomic mass is 32.2. The molecule has 142 valence electrons. The molecule has 1 aliphatic rings. The van der Waals surface area contributed by atoms with E-state index in [0.717, 1.165) is 48.3 Å². The molecule has 0 radical (unpaired) electrons. The Morgan fingerprint density at radius 2 is 1.73 bits per heavy atom. The molecule has 0 bridgehead atoms. The van der Waals surface area contributed by atoms with Crippen LogP contribution in [0.2, 0.25) is 0 Å². The highest BCUT2D eigenvalue weighted by Gasteiger charge is 2.31. The number of aryl methyl sites for hydroxylation is 4. The summed E-state index contributed by atoms with van der Waals surface area (Å²) >= 11 is 0. The Kier molecular flexibility index (Phi) is 5.53. The fourth-order valence-corrected chi connectivity index (χ4v) is 6.02. The summed E-state index contributed by atoms with van der Waals surface area (Å²) in [7, 11) is -3.42. The molecule has 1 fully saturated rings. The molecule has 0 aliphatic carbocycles. The van der Waals surface area contributed by atoms with E-state index in [1.54, 1.807) is 4.31 Å². The van der Waals surface area contributed by atoms with Crippen molar-refractivity contribution in [3.63, 3.8) is 0 Å². The van der Waals surface area contributed by atoms with E-state index in [2.05, 4.69) is 16.5 Å². The van der Waals surface area contributed by atoms with Gasteiger partial charge in [0.25, 0.3) is 0 Å². The maximum Gasteiger partial charge on any atom is 0.243 e. The van der Waals surface area contributed by atoms with Crippen molar-refractivity contribution < 1.29 is 8.42 Å². The molecule has 0 unspecified atom stereocenters. The first-order valence-electron chi connectivity index (χ1n) is 9.41. The summed E-state index contributed by atoms with van der Waals surface area (Å²) in [6.45, 7) is 10.0. The van der Waals surface area contributed by atoms with E-state index in [1.807, 2.05) is 45.3 Å². The van der Waals surface area contributed by atoms with Crippen molar-refractivity contribution in [3.05, 3.63) is 47.0 Å². The maximum atomic E-state index is 13.2. The summed E-state index contributed by atoms with van der Waals surface area (Å²) in [5, 5.41) is 0. The van der Waals surface area contributed by atoms with Gasteiger partial charge in [0.05, 0.1) is 4.90 Å². The highest BCUT2D eigenvalue weighted by molar-refractivity contribution is 7.89. The van der Waals surface area contributed by atoms with E-state index in [-0.39, 0.29) is 0 Å². The van der Waals surface area contributed by atoms with Crippen molar-refractivity contribution in [1.29, 1.82) is 0 Å². The predicted octanol–water partition coefficient (Wildman–Crippen LogP) is 3.47. The lowest BCUT2D eigenvalue weighted by Gasteiger charge is -2.32. The Morgan fingerprint density at radius 1 is 1.12 bits per heavy atom. The monoisotopic (exact) mass is 375 g/mol. The van der Waals surface area contributed by atoms with Crippen LogP contribution in [0.25, 0.3) is 0 Å². The molecule has 1 aliphatic heterocycles. The molecule has 0 amide bonds. The van der Waals surface area contributed by atoms with Gasteiger partial charge in [0.2, 0.25) is 10.0 Å². The van der Waals surface area contributed by atoms with Crippen LogP contribution in [0.3, 0.4) is 0 Å². The van der Waals surface area contributed by atoms with Crippen LogP contribution in [-0.4, -0.2) is 35.4 Å². The van der Waals surface area contributed by atoms with Crippen molar-refractivity contribution in [1.82, 2.24) is 13.9 Å². The van der Waals surface area contributed by atoms with Crippen LogP contribution >= 0.6 is 0 Å². The predicted molar refractivity (Wildman–Crippen MR) is 104 cm³/mol. The van der Waals surface area contributed by atoms with Crippen molar-refractivity contribution in [2.75, 3.05) is 13.1 Å². The molecular formula is C20H29N3O2S. The second-order valence-electron chi connectivity index (χ2n) is 7.42. The number of sulfonamides is 1. The first kappa shape index (κ1) is 19.1. The molecule has 2 heterocycles. The minimum absolute atomic E-state index is 0.490. The largest absolute Gasteiger partial charge is 0.335 e. The summed E-state index contributed by atoms with van der Waals surface area (Å²) in [5.41, 5.74) is 2.79. The number of rotatable bonds is 5. The van der Waals surface area contributed by atoms with Gasteiger partial charge >= 0.3 is 0 Å². The van der Waals surface area contributed by atoms with Gasteiger partial charge in [-0.15, -0.1) is 0 Å². The molecule has 0 saturated carbocycles. The molecule has 5 nitrogen and oxygen atoms in total. The van der Waals surface area contributed by atoms with Gasteiger partial charge in [-0.25, -0.2) is 13.4 Å². The quantitative estimate of drug-likeness (QED) is 0.804. The first-order valence-corrected chi connectivity index (χ1v) is 10.8. The molecule has 0 atom stereocenters. The Balaban J connectivity index is 1.71. The van der Waals surface area contributed by atoms with Gasteiger partial charge < -0.3 is 4.57 Å². The lowest BCUT2D eigenvalue weighted by molar-refractivity contribution is 0.251. The second-order valence-corrected chi connectivity index (χ2v) is 9.30. The second kappa shape index (κ2) is 7.53. The molecule has 1 aromatic carbocycles. The fourth-order valence-electron chi connectivity index (χ4n) is 4.13. The van der Waals surface area contributed by atoms with Gasteiger partial charge in [-0.2, -0.15) is 4.31 Å². The topological polar surface area (TPSA) is 55.2 Å². The zero-order valence-corrected chi connectivity index (χ0v) is 17.0. The summed E-state index contributed by atoms with van der Waals surface area (Å²) in [6, 6.07) is 3.91. The van der Waals surface area contributed by atoms with E-state index < -0.39 is 10.0 Å². The molecular weight excluding hydrogens is 346 g/mol. The van der Waals surface area contributed by atoms with Crippen LogP contribution in [0.15, 0.2) is 29.4 Å². The third kappa shape index (κ3) is 3.71. The first-order chi connectivity index (χ1) is 12.3. The van der Waals surface area contributed by atoms with E-state index in [0.29, 0.717) is 23.9 Å². The van der Waals surface area contributed by atoms with Crippen molar-refractivity contribution in [2.24, 2.45) is 5.92 Å². The van der Waals surface area contributed by atoms with Gasteiger partial charge in [-0.05, 0) is 50.7 Å². The molecule has 6 heteroatoms. The third-order valence-electron chi connectivity index (χ3n) is 5.35. The minimum atomic E-state index is -3.42. The number of nitrogens with zero attached hydrogens (tertiary/aromatic N) is 3. The molecule has 0 N–H and O–H groups in total. The highest BCUT2D eigenvalue weighted by Crippen LogP contribution is 2.29. The average Bonchev–Trinajstić information content (AvgIpc) is 3.01. The Labute approximate surface area is 157 Å². The average molecular weight is 376 g/mol. The van der Waals surface area contributed by atoms with E-state index >= 15 is 0 Å². The van der Waals surface area contributed by atoms with Gasteiger partial charge in [-0.1, -0.05) is 24.6 Å². The number of hydrogen-bond acceptors (Lipinski definition) is 3. The normalized spacial score (nSPS) is 16.9. The summed E-state index contributed by atoms with van der Waals surface area (Å²) in [5.74, 6) is 1.60. The van der Waals surface area contributed by atoms with Crippen LogP contribution < -0.4 is 0 Å². The third-order valence-corrected chi connectivity index (χ3v) is 7.55. The van der Waals surface area contributed by atoms with E-state index in [9.17, 15) is 8.42 Å². The SMILES string of the molecule is CCc1nccn1CC1CCN(S(=O)(=O)c2c(C)cc(C)cc2C)CC1. The Bertz CT molecular complexity index is 855. The lowest BCUT2D eigenvalue weighted by Crippen LogP contribution is -2.39. The van der Waals surface area contributed by atoms with Crippen molar-refractivity contribution in [2.45, 2.75) is 58.4 Å². The number of imidazole rings is 1. The Morgan fingerprint density at radius 3 is 2.31 bits per heavy atom. The zero-order valence-electron chi connectivity index (χ0n) is 16.2.